The monoisotopic (exact) mass is 468 g/mol. The van der Waals surface area contributed by atoms with Crippen LogP contribution >= 0.6 is 15.9 Å². The number of ether oxygens (including phenoxy) is 2. The standard InChI is InChI=1S/C23H21BrN2O4/c1-4-10-30-21-18(24)11-17(13-20(21)29-5-2)12-19-22(27)26(23(28)25-19)14-16-8-6-15(3)7-9-16/h1,6-9,11-13H,5,10,14H2,2-3H3,(H,25,28)/b19-12+. The molecule has 1 heterocycles. The minimum absolute atomic E-state index is 0.0988. The Morgan fingerprint density at radius 1 is 1.20 bits per heavy atom. The third-order valence-corrected chi connectivity index (χ3v) is 4.96. The minimum Gasteiger partial charge on any atom is -0.490 e. The van der Waals surface area contributed by atoms with E-state index in [4.69, 9.17) is 15.9 Å². The molecule has 0 saturated carbocycles. The Bertz CT molecular complexity index is 1040. The molecule has 7 heteroatoms. The lowest BCUT2D eigenvalue weighted by atomic mass is 10.1. The Hall–Kier alpha value is -3.24. The van der Waals surface area contributed by atoms with E-state index < -0.39 is 6.03 Å². The molecular weight excluding hydrogens is 448 g/mol. The number of nitrogens with one attached hydrogen (secondary N) is 1. The van der Waals surface area contributed by atoms with Crippen molar-refractivity contribution in [2.24, 2.45) is 0 Å². The number of aryl methyl sites for hydroxylation is 1. The molecule has 0 atom stereocenters. The molecule has 6 nitrogen and oxygen atoms in total. The van der Waals surface area contributed by atoms with Gasteiger partial charge in [-0.2, -0.15) is 0 Å². The fourth-order valence-corrected chi connectivity index (χ4v) is 3.52. The lowest BCUT2D eigenvalue weighted by Gasteiger charge is -2.13. The number of hydrogen-bond acceptors (Lipinski definition) is 4. The van der Waals surface area contributed by atoms with E-state index >= 15 is 0 Å². The summed E-state index contributed by atoms with van der Waals surface area (Å²) >= 11 is 3.45. The number of imide groups is 1. The normalized spacial score (nSPS) is 14.6. The first-order chi connectivity index (χ1) is 14.4. The van der Waals surface area contributed by atoms with Crippen molar-refractivity contribution in [3.8, 4) is 23.8 Å². The molecule has 2 aromatic carbocycles. The number of carbonyl (C=O) groups is 2. The lowest BCUT2D eigenvalue weighted by Crippen LogP contribution is -2.30. The first-order valence-electron chi connectivity index (χ1n) is 9.35. The predicted molar refractivity (Wildman–Crippen MR) is 118 cm³/mol. The summed E-state index contributed by atoms with van der Waals surface area (Å²) in [6.45, 7) is 4.57. The highest BCUT2D eigenvalue weighted by atomic mass is 79.9. The summed E-state index contributed by atoms with van der Waals surface area (Å²) in [5.41, 5.74) is 2.85. The zero-order chi connectivity index (χ0) is 21.7. The summed E-state index contributed by atoms with van der Waals surface area (Å²) in [6.07, 6.45) is 6.87. The maximum Gasteiger partial charge on any atom is 0.329 e. The number of hydrogen-bond donors (Lipinski definition) is 1. The number of amides is 3. The van der Waals surface area contributed by atoms with Crippen molar-refractivity contribution in [2.45, 2.75) is 20.4 Å². The molecule has 0 aromatic heterocycles. The molecule has 0 bridgehead atoms. The quantitative estimate of drug-likeness (QED) is 0.374. The lowest BCUT2D eigenvalue weighted by molar-refractivity contribution is -0.123. The Morgan fingerprint density at radius 3 is 2.60 bits per heavy atom. The van der Waals surface area contributed by atoms with Crippen LogP contribution in [0.15, 0.2) is 46.6 Å². The zero-order valence-corrected chi connectivity index (χ0v) is 18.3. The van der Waals surface area contributed by atoms with Crippen LogP contribution in [-0.4, -0.2) is 30.1 Å². The van der Waals surface area contributed by atoms with E-state index in [9.17, 15) is 9.59 Å². The molecule has 3 rings (SSSR count). The molecule has 0 aliphatic carbocycles. The molecule has 1 saturated heterocycles. The van der Waals surface area contributed by atoms with Gasteiger partial charge in [-0.1, -0.05) is 35.7 Å². The summed E-state index contributed by atoms with van der Waals surface area (Å²) in [4.78, 5) is 26.3. The molecule has 154 valence electrons. The largest absolute Gasteiger partial charge is 0.490 e. The number of nitrogens with zero attached hydrogens (tertiary/aromatic N) is 1. The average Bonchev–Trinajstić information content (AvgIpc) is 2.96. The van der Waals surface area contributed by atoms with Crippen LogP contribution in [0.4, 0.5) is 4.79 Å². The van der Waals surface area contributed by atoms with Crippen molar-refractivity contribution >= 4 is 33.9 Å². The number of benzene rings is 2. The van der Waals surface area contributed by atoms with E-state index in [0.29, 0.717) is 28.1 Å². The number of carbonyl (C=O) groups excluding carboxylic acids is 2. The molecule has 3 amide bonds. The minimum atomic E-state index is -0.454. The van der Waals surface area contributed by atoms with E-state index in [1.165, 1.54) is 4.90 Å². The van der Waals surface area contributed by atoms with Crippen LogP contribution in [0.5, 0.6) is 11.5 Å². The van der Waals surface area contributed by atoms with E-state index in [2.05, 4.69) is 27.2 Å². The van der Waals surface area contributed by atoms with Crippen molar-refractivity contribution < 1.29 is 19.1 Å². The Labute approximate surface area is 184 Å². The maximum atomic E-state index is 12.8. The highest BCUT2D eigenvalue weighted by Crippen LogP contribution is 2.37. The van der Waals surface area contributed by atoms with Gasteiger partial charge in [0.1, 0.15) is 12.3 Å². The van der Waals surface area contributed by atoms with Gasteiger partial charge >= 0.3 is 6.03 Å². The van der Waals surface area contributed by atoms with E-state index in [-0.39, 0.29) is 24.8 Å². The summed E-state index contributed by atoms with van der Waals surface area (Å²) in [7, 11) is 0. The van der Waals surface area contributed by atoms with Crippen LogP contribution in [0.25, 0.3) is 6.08 Å². The smallest absolute Gasteiger partial charge is 0.329 e. The molecule has 1 N–H and O–H groups in total. The molecule has 0 spiro atoms. The van der Waals surface area contributed by atoms with Gasteiger partial charge in [0.2, 0.25) is 0 Å². The van der Waals surface area contributed by atoms with Gasteiger partial charge in [-0.05, 0) is 59.1 Å². The molecule has 30 heavy (non-hydrogen) atoms. The molecule has 1 aliphatic heterocycles. The maximum absolute atomic E-state index is 12.8. The predicted octanol–water partition coefficient (Wildman–Crippen LogP) is 4.26. The van der Waals surface area contributed by atoms with Crippen LogP contribution < -0.4 is 14.8 Å². The van der Waals surface area contributed by atoms with Crippen LogP contribution in [0, 0.1) is 19.3 Å². The van der Waals surface area contributed by atoms with Gasteiger partial charge in [0, 0.05) is 0 Å². The van der Waals surface area contributed by atoms with Crippen molar-refractivity contribution in [2.75, 3.05) is 13.2 Å². The SMILES string of the molecule is C#CCOc1c(Br)cc(/C=C2/NC(=O)N(Cc3ccc(C)cc3)C2=O)cc1OCC. The van der Waals surface area contributed by atoms with E-state index in [1.807, 2.05) is 38.1 Å². The number of terminal acetylenes is 1. The molecule has 2 aromatic rings. The third kappa shape index (κ3) is 4.84. The highest BCUT2D eigenvalue weighted by molar-refractivity contribution is 9.10. The first kappa shape index (κ1) is 21.5. The molecular formula is C23H21BrN2O4. The first-order valence-corrected chi connectivity index (χ1v) is 10.1. The van der Waals surface area contributed by atoms with Crippen molar-refractivity contribution in [1.82, 2.24) is 10.2 Å². The van der Waals surface area contributed by atoms with Gasteiger partial charge in [-0.3, -0.25) is 9.69 Å². The Kier molecular flexibility index (Phi) is 6.80. The summed E-state index contributed by atoms with van der Waals surface area (Å²) in [5, 5.41) is 2.64. The molecule has 0 unspecified atom stereocenters. The van der Waals surface area contributed by atoms with Gasteiger partial charge in [-0.25, -0.2) is 4.79 Å². The Morgan fingerprint density at radius 2 is 1.93 bits per heavy atom. The number of rotatable bonds is 7. The van der Waals surface area contributed by atoms with E-state index in [0.717, 1.165) is 11.1 Å². The topological polar surface area (TPSA) is 67.9 Å². The van der Waals surface area contributed by atoms with Crippen molar-refractivity contribution in [3.63, 3.8) is 0 Å². The summed E-state index contributed by atoms with van der Waals surface area (Å²) < 4.78 is 11.8. The second kappa shape index (κ2) is 9.51. The van der Waals surface area contributed by atoms with E-state index in [1.54, 1.807) is 18.2 Å². The van der Waals surface area contributed by atoms with Crippen LogP contribution in [0.3, 0.4) is 0 Å². The third-order valence-electron chi connectivity index (χ3n) is 4.37. The van der Waals surface area contributed by atoms with Crippen LogP contribution in [-0.2, 0) is 11.3 Å². The van der Waals surface area contributed by atoms with Gasteiger partial charge in [0.25, 0.3) is 5.91 Å². The number of urea groups is 1. The molecule has 0 radical (unpaired) electrons. The summed E-state index contributed by atoms with van der Waals surface area (Å²) in [5.74, 6) is 3.00. The second-order valence-electron chi connectivity index (χ2n) is 6.62. The number of halogens is 1. The van der Waals surface area contributed by atoms with Crippen LogP contribution in [0.1, 0.15) is 23.6 Å². The summed E-state index contributed by atoms with van der Waals surface area (Å²) in [6, 6.07) is 10.7. The Balaban J connectivity index is 1.85. The van der Waals surface area contributed by atoms with Gasteiger partial charge in [0.15, 0.2) is 11.5 Å². The van der Waals surface area contributed by atoms with Crippen molar-refractivity contribution in [1.29, 1.82) is 0 Å². The fourth-order valence-electron chi connectivity index (χ4n) is 2.95. The van der Waals surface area contributed by atoms with Crippen LogP contribution in [0.2, 0.25) is 0 Å². The molecule has 1 fully saturated rings. The van der Waals surface area contributed by atoms with Gasteiger partial charge in [0.05, 0.1) is 17.6 Å². The van der Waals surface area contributed by atoms with Gasteiger partial charge < -0.3 is 14.8 Å². The molecule has 1 aliphatic rings. The van der Waals surface area contributed by atoms with Gasteiger partial charge in [-0.15, -0.1) is 6.42 Å². The fraction of sp³-hybridized carbons (Fsp3) is 0.217. The zero-order valence-electron chi connectivity index (χ0n) is 16.7. The van der Waals surface area contributed by atoms with Crippen molar-refractivity contribution in [3.05, 3.63) is 63.3 Å². The average molecular weight is 469 g/mol. The second-order valence-corrected chi connectivity index (χ2v) is 7.48. The highest BCUT2D eigenvalue weighted by Gasteiger charge is 2.33.